The predicted molar refractivity (Wildman–Crippen MR) is 139 cm³/mol. The first kappa shape index (κ1) is 22.7. The van der Waals surface area contributed by atoms with Crippen LogP contribution in [0.5, 0.6) is 0 Å². The number of piperazine rings is 1. The van der Waals surface area contributed by atoms with Crippen molar-refractivity contribution in [3.05, 3.63) is 59.9 Å². The molecule has 3 heterocycles. The monoisotopic (exact) mass is 476 g/mol. The Kier molecular flexibility index (Phi) is 5.99. The lowest BCUT2D eigenvalue weighted by molar-refractivity contribution is 0.191. The molecule has 0 N–H and O–H groups in total. The molecule has 0 bridgehead atoms. The van der Waals surface area contributed by atoms with Gasteiger partial charge in [0.2, 0.25) is 0 Å². The van der Waals surface area contributed by atoms with Crippen LogP contribution in [0.2, 0.25) is 0 Å². The van der Waals surface area contributed by atoms with Crippen molar-refractivity contribution in [2.24, 2.45) is 0 Å². The molecule has 0 saturated carbocycles. The Morgan fingerprint density at radius 3 is 2.29 bits per heavy atom. The van der Waals surface area contributed by atoms with Gasteiger partial charge in [-0.05, 0) is 61.0 Å². The lowest BCUT2D eigenvalue weighted by Crippen LogP contribution is -2.48. The SMILES string of the molecule is CN(C)c1ccc(C(c2nnnn2C(C)(C)C)N2CCN(c3nc4ccccc4s3)CC2)cc1. The van der Waals surface area contributed by atoms with Crippen molar-refractivity contribution < 1.29 is 0 Å². The van der Waals surface area contributed by atoms with E-state index >= 15 is 0 Å². The Bertz CT molecular complexity index is 1210. The summed E-state index contributed by atoms with van der Waals surface area (Å²) in [6.45, 7) is 10.1. The predicted octanol–water partition coefficient (Wildman–Crippen LogP) is 4.02. The van der Waals surface area contributed by atoms with Crippen molar-refractivity contribution in [3.63, 3.8) is 0 Å². The minimum Gasteiger partial charge on any atom is -0.378 e. The molecule has 2 aromatic carbocycles. The van der Waals surface area contributed by atoms with E-state index in [1.54, 1.807) is 11.3 Å². The van der Waals surface area contributed by atoms with Crippen molar-refractivity contribution in [1.29, 1.82) is 0 Å². The number of thiazole rings is 1. The normalized spacial score (nSPS) is 16.2. The third-order valence-electron chi connectivity index (χ3n) is 6.33. The summed E-state index contributed by atoms with van der Waals surface area (Å²) in [5, 5.41) is 14.1. The first-order valence-electron chi connectivity index (χ1n) is 11.7. The van der Waals surface area contributed by atoms with E-state index in [1.807, 2.05) is 4.68 Å². The Hall–Kier alpha value is -3.04. The summed E-state index contributed by atoms with van der Waals surface area (Å²) in [6, 6.07) is 17.1. The minimum atomic E-state index is -0.205. The lowest BCUT2D eigenvalue weighted by atomic mass is 10.0. The molecule has 1 saturated heterocycles. The van der Waals surface area contributed by atoms with Gasteiger partial charge in [0, 0.05) is 46.0 Å². The summed E-state index contributed by atoms with van der Waals surface area (Å²) < 4.78 is 3.21. The molecule has 0 amide bonds. The molecule has 5 rings (SSSR count). The van der Waals surface area contributed by atoms with Gasteiger partial charge in [0.15, 0.2) is 11.0 Å². The Balaban J connectivity index is 1.43. The number of hydrogen-bond donors (Lipinski definition) is 0. The first-order valence-corrected chi connectivity index (χ1v) is 12.5. The summed E-state index contributed by atoms with van der Waals surface area (Å²) in [5.74, 6) is 0.888. The van der Waals surface area contributed by atoms with E-state index in [-0.39, 0.29) is 11.6 Å². The Morgan fingerprint density at radius 1 is 0.941 bits per heavy atom. The van der Waals surface area contributed by atoms with Crippen LogP contribution < -0.4 is 9.80 Å². The van der Waals surface area contributed by atoms with E-state index in [0.29, 0.717) is 0 Å². The van der Waals surface area contributed by atoms with Crippen LogP contribution in [-0.4, -0.2) is 70.4 Å². The lowest BCUT2D eigenvalue weighted by Gasteiger charge is -2.39. The zero-order chi connectivity index (χ0) is 23.9. The molecule has 1 aliphatic rings. The zero-order valence-electron chi connectivity index (χ0n) is 20.5. The maximum Gasteiger partial charge on any atom is 0.186 e. The standard InChI is InChI=1S/C25H32N8S/c1-25(2,3)33-23(27-28-29-33)22(18-10-12-19(13-11-18)30(4)5)31-14-16-32(17-15-31)24-26-20-8-6-7-9-21(20)34-24/h6-13,22H,14-17H2,1-5H3. The minimum absolute atomic E-state index is 0.0112. The largest absolute Gasteiger partial charge is 0.378 e. The van der Waals surface area contributed by atoms with E-state index < -0.39 is 0 Å². The van der Waals surface area contributed by atoms with Crippen LogP contribution in [0, 0.1) is 0 Å². The van der Waals surface area contributed by atoms with Crippen LogP contribution in [0.15, 0.2) is 48.5 Å². The van der Waals surface area contributed by atoms with Gasteiger partial charge in [-0.2, -0.15) is 0 Å². The quantitative estimate of drug-likeness (QED) is 0.431. The second-order valence-corrected chi connectivity index (χ2v) is 11.0. The van der Waals surface area contributed by atoms with Gasteiger partial charge in [0.05, 0.1) is 21.8 Å². The maximum atomic E-state index is 4.87. The molecule has 1 atom stereocenters. The molecule has 9 heteroatoms. The van der Waals surface area contributed by atoms with Crippen LogP contribution in [0.25, 0.3) is 10.2 Å². The molecule has 4 aromatic rings. The number of tetrazole rings is 1. The summed E-state index contributed by atoms with van der Waals surface area (Å²) in [7, 11) is 4.13. The van der Waals surface area contributed by atoms with Gasteiger partial charge in [0.1, 0.15) is 0 Å². The second kappa shape index (κ2) is 8.96. The number of benzene rings is 2. The van der Waals surface area contributed by atoms with E-state index in [2.05, 4.69) is 114 Å². The van der Waals surface area contributed by atoms with Crippen LogP contribution >= 0.6 is 11.3 Å². The number of rotatable bonds is 5. The van der Waals surface area contributed by atoms with Gasteiger partial charge in [-0.25, -0.2) is 9.67 Å². The number of fused-ring (bicyclic) bond motifs is 1. The van der Waals surface area contributed by atoms with Crippen molar-refractivity contribution in [2.45, 2.75) is 32.4 Å². The highest BCUT2D eigenvalue weighted by Gasteiger charge is 2.33. The molecule has 1 unspecified atom stereocenters. The number of para-hydroxylation sites is 1. The van der Waals surface area contributed by atoms with E-state index in [1.165, 1.54) is 16.0 Å². The molecule has 34 heavy (non-hydrogen) atoms. The molecular weight excluding hydrogens is 444 g/mol. The fourth-order valence-corrected chi connectivity index (χ4v) is 5.50. The van der Waals surface area contributed by atoms with Gasteiger partial charge in [-0.3, -0.25) is 4.90 Å². The topological polar surface area (TPSA) is 66.2 Å². The van der Waals surface area contributed by atoms with Gasteiger partial charge in [-0.15, -0.1) is 5.10 Å². The van der Waals surface area contributed by atoms with Gasteiger partial charge < -0.3 is 9.80 Å². The molecule has 1 fully saturated rings. The van der Waals surface area contributed by atoms with Crippen molar-refractivity contribution in [3.8, 4) is 0 Å². The molecular formula is C25H32N8S. The molecule has 2 aromatic heterocycles. The summed E-state index contributed by atoms with van der Waals surface area (Å²) in [5.41, 5.74) is 3.26. The number of aromatic nitrogens is 5. The highest BCUT2D eigenvalue weighted by atomic mass is 32.1. The van der Waals surface area contributed by atoms with Crippen LogP contribution in [0.4, 0.5) is 10.8 Å². The van der Waals surface area contributed by atoms with Crippen LogP contribution in [0.1, 0.15) is 38.2 Å². The average molecular weight is 477 g/mol. The first-order chi connectivity index (χ1) is 16.3. The fraction of sp³-hybridized carbons (Fsp3) is 0.440. The van der Waals surface area contributed by atoms with Crippen LogP contribution in [0.3, 0.4) is 0 Å². The molecule has 0 aliphatic carbocycles. The molecule has 178 valence electrons. The second-order valence-electron chi connectivity index (χ2n) is 10.00. The average Bonchev–Trinajstić information content (AvgIpc) is 3.47. The fourth-order valence-electron chi connectivity index (χ4n) is 4.49. The third kappa shape index (κ3) is 4.37. The number of anilines is 2. The zero-order valence-corrected chi connectivity index (χ0v) is 21.3. The van der Waals surface area contributed by atoms with Crippen molar-refractivity contribution in [1.82, 2.24) is 30.1 Å². The highest BCUT2D eigenvalue weighted by Crippen LogP contribution is 2.34. The van der Waals surface area contributed by atoms with Crippen molar-refractivity contribution >= 4 is 32.4 Å². The number of hydrogen-bond acceptors (Lipinski definition) is 8. The Morgan fingerprint density at radius 2 is 1.65 bits per heavy atom. The van der Waals surface area contributed by atoms with E-state index in [0.717, 1.165) is 42.7 Å². The molecule has 1 aliphatic heterocycles. The van der Waals surface area contributed by atoms with E-state index in [9.17, 15) is 0 Å². The highest BCUT2D eigenvalue weighted by molar-refractivity contribution is 7.22. The van der Waals surface area contributed by atoms with Crippen molar-refractivity contribution in [2.75, 3.05) is 50.1 Å². The molecule has 8 nitrogen and oxygen atoms in total. The summed E-state index contributed by atoms with van der Waals surface area (Å²) in [6.07, 6.45) is 0. The smallest absolute Gasteiger partial charge is 0.186 e. The van der Waals surface area contributed by atoms with Crippen LogP contribution in [-0.2, 0) is 5.54 Å². The number of nitrogens with zero attached hydrogens (tertiary/aromatic N) is 8. The van der Waals surface area contributed by atoms with E-state index in [4.69, 9.17) is 4.98 Å². The maximum absolute atomic E-state index is 4.87. The molecule has 0 spiro atoms. The Labute approximate surface area is 204 Å². The summed E-state index contributed by atoms with van der Waals surface area (Å²) in [4.78, 5) is 11.9. The molecule has 0 radical (unpaired) electrons. The third-order valence-corrected chi connectivity index (χ3v) is 7.43. The van der Waals surface area contributed by atoms with Gasteiger partial charge in [0.25, 0.3) is 0 Å². The summed E-state index contributed by atoms with van der Waals surface area (Å²) >= 11 is 1.77. The van der Waals surface area contributed by atoms with Gasteiger partial charge >= 0.3 is 0 Å². The van der Waals surface area contributed by atoms with Gasteiger partial charge in [-0.1, -0.05) is 35.6 Å².